The van der Waals surface area contributed by atoms with Gasteiger partial charge < -0.3 is 10.2 Å². The number of hydrogen-bond acceptors (Lipinski definition) is 4. The second kappa shape index (κ2) is 12.9. The fraction of sp³-hybridized carbons (Fsp3) is 0.286. The topological polar surface area (TPSA) is 86.8 Å². The molecule has 3 aromatic rings. The minimum Gasteiger partial charge on any atom is -0.354 e. The van der Waals surface area contributed by atoms with Gasteiger partial charge in [-0.15, -0.1) is 0 Å². The van der Waals surface area contributed by atoms with Crippen LogP contribution in [0.4, 0.5) is 5.69 Å². The lowest BCUT2D eigenvalue weighted by Gasteiger charge is -2.32. The second-order valence-corrected chi connectivity index (χ2v) is 11.6. The van der Waals surface area contributed by atoms with Crippen LogP contribution in [0.5, 0.6) is 0 Å². The van der Waals surface area contributed by atoms with E-state index in [-0.39, 0.29) is 17.3 Å². The Morgan fingerprint density at radius 3 is 2.27 bits per heavy atom. The number of sulfonamides is 1. The molecule has 196 valence electrons. The summed E-state index contributed by atoms with van der Waals surface area (Å²) in [5, 5.41) is 2.84. The Balaban J connectivity index is 2.00. The lowest BCUT2D eigenvalue weighted by Crippen LogP contribution is -2.51. The van der Waals surface area contributed by atoms with Crippen molar-refractivity contribution in [3.05, 3.63) is 94.5 Å². The van der Waals surface area contributed by atoms with Gasteiger partial charge in [0.05, 0.1) is 10.6 Å². The zero-order chi connectivity index (χ0) is 27.0. The van der Waals surface area contributed by atoms with Crippen LogP contribution in [0, 0.1) is 6.92 Å². The smallest absolute Gasteiger partial charge is 0.264 e. The standard InChI is InChI=1S/C28H32BrN3O4S/c1-4-17-30-28(34)22(3)31(19-23-15-13-21(2)14-16-23)27(33)20-32(25-10-8-9-24(29)18-25)37(35,36)26-11-6-5-7-12-26/h5-16,18,22H,4,17,19-20H2,1-3H3,(H,30,34)/t22-/m1/s1. The number of nitrogens with zero attached hydrogens (tertiary/aromatic N) is 2. The van der Waals surface area contributed by atoms with Crippen molar-refractivity contribution in [3.8, 4) is 0 Å². The molecular weight excluding hydrogens is 554 g/mol. The van der Waals surface area contributed by atoms with E-state index in [2.05, 4.69) is 21.2 Å². The Bertz CT molecular complexity index is 1310. The molecule has 0 aromatic heterocycles. The Kier molecular flexibility index (Phi) is 9.88. The number of aryl methyl sites for hydroxylation is 1. The number of nitrogens with one attached hydrogen (secondary N) is 1. The van der Waals surface area contributed by atoms with Gasteiger partial charge in [0.15, 0.2) is 0 Å². The third-order valence-corrected chi connectivity index (χ3v) is 8.18. The van der Waals surface area contributed by atoms with Crippen LogP contribution in [0.1, 0.15) is 31.4 Å². The van der Waals surface area contributed by atoms with E-state index >= 15 is 0 Å². The van der Waals surface area contributed by atoms with Crippen LogP contribution >= 0.6 is 15.9 Å². The molecule has 1 atom stereocenters. The van der Waals surface area contributed by atoms with Crippen LogP contribution in [0.2, 0.25) is 0 Å². The first-order valence-electron chi connectivity index (χ1n) is 12.1. The number of carbonyl (C=O) groups is 2. The Labute approximate surface area is 227 Å². The van der Waals surface area contributed by atoms with Crippen LogP contribution < -0.4 is 9.62 Å². The molecule has 0 heterocycles. The summed E-state index contributed by atoms with van der Waals surface area (Å²) in [6.45, 7) is 5.76. The summed E-state index contributed by atoms with van der Waals surface area (Å²) in [6.07, 6.45) is 0.760. The van der Waals surface area contributed by atoms with Crippen LogP contribution in [-0.2, 0) is 26.2 Å². The van der Waals surface area contributed by atoms with E-state index in [1.165, 1.54) is 17.0 Å². The molecule has 0 fully saturated rings. The maximum absolute atomic E-state index is 13.8. The molecule has 2 amide bonds. The minimum atomic E-state index is -4.07. The summed E-state index contributed by atoms with van der Waals surface area (Å²) >= 11 is 3.40. The molecule has 9 heteroatoms. The van der Waals surface area contributed by atoms with Crippen LogP contribution in [0.3, 0.4) is 0 Å². The number of amides is 2. The summed E-state index contributed by atoms with van der Waals surface area (Å²) in [7, 11) is -4.07. The highest BCUT2D eigenvalue weighted by atomic mass is 79.9. The van der Waals surface area contributed by atoms with Crippen molar-refractivity contribution >= 4 is 43.5 Å². The molecule has 0 aliphatic rings. The Hall–Kier alpha value is -3.17. The van der Waals surface area contributed by atoms with E-state index in [0.717, 1.165) is 21.9 Å². The molecule has 0 saturated carbocycles. The van der Waals surface area contributed by atoms with Gasteiger partial charge in [-0.2, -0.15) is 0 Å². The third-order valence-electron chi connectivity index (χ3n) is 5.90. The highest BCUT2D eigenvalue weighted by molar-refractivity contribution is 9.10. The van der Waals surface area contributed by atoms with E-state index in [1.54, 1.807) is 49.4 Å². The van der Waals surface area contributed by atoms with E-state index in [0.29, 0.717) is 16.7 Å². The molecular formula is C28H32BrN3O4S. The number of anilines is 1. The molecule has 0 aliphatic carbocycles. The molecule has 0 radical (unpaired) electrons. The zero-order valence-corrected chi connectivity index (χ0v) is 23.6. The number of carbonyl (C=O) groups excluding carboxylic acids is 2. The maximum Gasteiger partial charge on any atom is 0.264 e. The Morgan fingerprint density at radius 1 is 0.973 bits per heavy atom. The average Bonchev–Trinajstić information content (AvgIpc) is 2.89. The minimum absolute atomic E-state index is 0.0709. The number of hydrogen-bond donors (Lipinski definition) is 1. The Morgan fingerprint density at radius 2 is 1.65 bits per heavy atom. The summed E-state index contributed by atoms with van der Waals surface area (Å²) in [4.78, 5) is 28.2. The van der Waals surface area contributed by atoms with Gasteiger partial charge in [0.25, 0.3) is 10.0 Å². The summed E-state index contributed by atoms with van der Waals surface area (Å²) in [5.41, 5.74) is 2.25. The number of rotatable bonds is 11. The van der Waals surface area contributed by atoms with E-state index < -0.39 is 28.5 Å². The van der Waals surface area contributed by atoms with Crippen molar-refractivity contribution in [1.29, 1.82) is 0 Å². The molecule has 7 nitrogen and oxygen atoms in total. The van der Waals surface area contributed by atoms with Crippen molar-refractivity contribution in [2.75, 3.05) is 17.4 Å². The second-order valence-electron chi connectivity index (χ2n) is 8.78. The van der Waals surface area contributed by atoms with E-state index in [4.69, 9.17) is 0 Å². The molecule has 0 aliphatic heterocycles. The van der Waals surface area contributed by atoms with Gasteiger partial charge >= 0.3 is 0 Å². The molecule has 37 heavy (non-hydrogen) atoms. The third kappa shape index (κ3) is 7.42. The van der Waals surface area contributed by atoms with Crippen molar-refractivity contribution in [1.82, 2.24) is 10.2 Å². The van der Waals surface area contributed by atoms with Crippen LogP contribution in [0.15, 0.2) is 88.2 Å². The largest absolute Gasteiger partial charge is 0.354 e. The van der Waals surface area contributed by atoms with Gasteiger partial charge in [0.2, 0.25) is 11.8 Å². The molecule has 0 spiro atoms. The fourth-order valence-electron chi connectivity index (χ4n) is 3.75. The molecule has 0 unspecified atom stereocenters. The van der Waals surface area contributed by atoms with Gasteiger partial charge in [-0.1, -0.05) is 76.9 Å². The predicted molar refractivity (Wildman–Crippen MR) is 150 cm³/mol. The summed E-state index contributed by atoms with van der Waals surface area (Å²) < 4.78 is 29.2. The normalized spacial score (nSPS) is 12.0. The summed E-state index contributed by atoms with van der Waals surface area (Å²) in [5.74, 6) is -0.776. The number of benzene rings is 3. The number of halogens is 1. The first-order valence-corrected chi connectivity index (χ1v) is 14.3. The quantitative estimate of drug-likeness (QED) is 0.347. The van der Waals surface area contributed by atoms with Crippen LogP contribution in [0.25, 0.3) is 0 Å². The molecule has 0 saturated heterocycles. The highest BCUT2D eigenvalue weighted by Gasteiger charge is 2.32. The molecule has 3 rings (SSSR count). The van der Waals surface area contributed by atoms with E-state index in [1.807, 2.05) is 38.1 Å². The SMILES string of the molecule is CCCNC(=O)[C@@H](C)N(Cc1ccc(C)cc1)C(=O)CN(c1cccc(Br)c1)S(=O)(=O)c1ccccc1. The zero-order valence-electron chi connectivity index (χ0n) is 21.2. The van der Waals surface area contributed by atoms with Gasteiger partial charge in [0, 0.05) is 17.6 Å². The van der Waals surface area contributed by atoms with Gasteiger partial charge in [-0.05, 0) is 56.2 Å². The predicted octanol–water partition coefficient (Wildman–Crippen LogP) is 4.90. The fourth-order valence-corrected chi connectivity index (χ4v) is 5.56. The van der Waals surface area contributed by atoms with Crippen molar-refractivity contribution in [3.63, 3.8) is 0 Å². The average molecular weight is 587 g/mol. The van der Waals surface area contributed by atoms with E-state index in [9.17, 15) is 18.0 Å². The van der Waals surface area contributed by atoms with Gasteiger partial charge in [-0.3, -0.25) is 13.9 Å². The van der Waals surface area contributed by atoms with Crippen molar-refractivity contribution in [2.24, 2.45) is 0 Å². The highest BCUT2D eigenvalue weighted by Crippen LogP contribution is 2.27. The van der Waals surface area contributed by atoms with Crippen molar-refractivity contribution in [2.45, 2.75) is 44.7 Å². The maximum atomic E-state index is 13.8. The lowest BCUT2D eigenvalue weighted by atomic mass is 10.1. The lowest BCUT2D eigenvalue weighted by molar-refractivity contribution is -0.139. The first-order chi connectivity index (χ1) is 17.6. The first kappa shape index (κ1) is 28.4. The van der Waals surface area contributed by atoms with Gasteiger partial charge in [0.1, 0.15) is 12.6 Å². The van der Waals surface area contributed by atoms with Gasteiger partial charge in [-0.25, -0.2) is 8.42 Å². The molecule has 1 N–H and O–H groups in total. The monoisotopic (exact) mass is 585 g/mol. The van der Waals surface area contributed by atoms with Crippen LogP contribution in [-0.4, -0.2) is 44.3 Å². The summed E-state index contributed by atoms with van der Waals surface area (Å²) in [6, 6.07) is 21.7. The van der Waals surface area contributed by atoms with Crippen molar-refractivity contribution < 1.29 is 18.0 Å². The molecule has 3 aromatic carbocycles. The molecule has 0 bridgehead atoms.